The van der Waals surface area contributed by atoms with Gasteiger partial charge in [0.05, 0.1) is 4.83 Å². The van der Waals surface area contributed by atoms with E-state index in [2.05, 4.69) is 46.3 Å². The van der Waals surface area contributed by atoms with E-state index in [1.807, 2.05) is 12.1 Å². The van der Waals surface area contributed by atoms with E-state index in [1.54, 1.807) is 0 Å². The van der Waals surface area contributed by atoms with Crippen LogP contribution in [0.4, 0.5) is 5.69 Å². The van der Waals surface area contributed by atoms with Crippen LogP contribution in [0.2, 0.25) is 0 Å². The number of nitrogens with two attached hydrogens (primary N) is 1. The van der Waals surface area contributed by atoms with Crippen molar-refractivity contribution in [3.8, 4) is 11.1 Å². The molecule has 0 saturated heterocycles. The summed E-state index contributed by atoms with van der Waals surface area (Å²) in [4.78, 5) is 0.241. The molecule has 1 unspecified atom stereocenters. The molecule has 0 bridgehead atoms. The summed E-state index contributed by atoms with van der Waals surface area (Å²) in [5.41, 5.74) is 11.9. The van der Waals surface area contributed by atoms with Crippen molar-refractivity contribution in [2.24, 2.45) is 0 Å². The van der Waals surface area contributed by atoms with E-state index in [4.69, 9.17) is 5.73 Å². The van der Waals surface area contributed by atoms with Crippen LogP contribution in [-0.2, 0) is 0 Å². The van der Waals surface area contributed by atoms with Crippen LogP contribution >= 0.6 is 15.9 Å². The lowest BCUT2D eigenvalue weighted by Crippen LogP contribution is -1.93. The highest BCUT2D eigenvalue weighted by Gasteiger charge is 2.27. The van der Waals surface area contributed by atoms with Gasteiger partial charge in [-0.2, -0.15) is 0 Å². The summed E-state index contributed by atoms with van der Waals surface area (Å²) >= 11 is 3.71. The molecule has 0 amide bonds. The molecule has 0 aliphatic heterocycles. The topological polar surface area (TPSA) is 26.0 Å². The molecular weight excluding hydrogens is 250 g/mol. The molecule has 1 nitrogen and oxygen atoms in total. The number of benzene rings is 2. The highest BCUT2D eigenvalue weighted by Crippen LogP contribution is 2.49. The first kappa shape index (κ1) is 8.98. The van der Waals surface area contributed by atoms with Gasteiger partial charge >= 0.3 is 0 Å². The summed E-state index contributed by atoms with van der Waals surface area (Å²) in [6, 6.07) is 14.5. The van der Waals surface area contributed by atoms with E-state index in [-0.39, 0.29) is 4.83 Å². The molecule has 1 atom stereocenters. The number of alkyl halides is 1. The van der Waals surface area contributed by atoms with Crippen molar-refractivity contribution in [1.82, 2.24) is 0 Å². The maximum absolute atomic E-state index is 6.01. The van der Waals surface area contributed by atoms with Crippen LogP contribution < -0.4 is 5.73 Å². The Hall–Kier alpha value is -1.28. The van der Waals surface area contributed by atoms with Crippen LogP contribution in [0.3, 0.4) is 0 Å². The monoisotopic (exact) mass is 259 g/mol. The molecule has 0 heterocycles. The molecule has 74 valence electrons. The second kappa shape index (κ2) is 3.11. The van der Waals surface area contributed by atoms with Gasteiger partial charge in [-0.3, -0.25) is 0 Å². The molecule has 1 aliphatic carbocycles. The lowest BCUT2D eigenvalue weighted by atomic mass is 10.1. The molecule has 2 N–H and O–H groups in total. The lowest BCUT2D eigenvalue weighted by Gasteiger charge is -2.06. The third kappa shape index (κ3) is 1.15. The molecule has 0 spiro atoms. The van der Waals surface area contributed by atoms with E-state index in [1.165, 1.54) is 22.3 Å². The predicted molar refractivity (Wildman–Crippen MR) is 67.1 cm³/mol. The van der Waals surface area contributed by atoms with Crippen molar-refractivity contribution in [3.63, 3.8) is 0 Å². The minimum atomic E-state index is 0.241. The van der Waals surface area contributed by atoms with Gasteiger partial charge < -0.3 is 5.73 Å². The average molecular weight is 260 g/mol. The van der Waals surface area contributed by atoms with Crippen LogP contribution in [0, 0.1) is 0 Å². The van der Waals surface area contributed by atoms with Crippen LogP contribution in [0.5, 0.6) is 0 Å². The summed E-state index contributed by atoms with van der Waals surface area (Å²) < 4.78 is 0. The van der Waals surface area contributed by atoms with Gasteiger partial charge in [0.2, 0.25) is 0 Å². The van der Waals surface area contributed by atoms with E-state index in [0.717, 1.165) is 5.69 Å². The Morgan fingerprint density at radius 2 is 1.67 bits per heavy atom. The highest BCUT2D eigenvalue weighted by atomic mass is 79.9. The van der Waals surface area contributed by atoms with Crippen LogP contribution in [0.25, 0.3) is 11.1 Å². The Kier molecular flexibility index (Phi) is 1.86. The quantitative estimate of drug-likeness (QED) is 0.566. The molecule has 0 radical (unpaired) electrons. The number of hydrogen-bond acceptors (Lipinski definition) is 1. The largest absolute Gasteiger partial charge is 0.398 e. The fourth-order valence-electron chi connectivity index (χ4n) is 2.22. The van der Waals surface area contributed by atoms with Gasteiger partial charge in [0.25, 0.3) is 0 Å². The summed E-state index contributed by atoms with van der Waals surface area (Å²) in [6.45, 7) is 0. The standard InChI is InChI=1S/C13H10BrN/c14-13-10-5-2-1-4-8(10)9-6-3-7-11(15)12(9)13/h1-7,13H,15H2. The van der Waals surface area contributed by atoms with Gasteiger partial charge in [0, 0.05) is 11.3 Å². The molecule has 0 saturated carbocycles. The first-order chi connectivity index (χ1) is 7.29. The first-order valence-corrected chi connectivity index (χ1v) is 5.82. The highest BCUT2D eigenvalue weighted by molar-refractivity contribution is 9.09. The molecule has 2 heteroatoms. The van der Waals surface area contributed by atoms with E-state index in [9.17, 15) is 0 Å². The van der Waals surface area contributed by atoms with Crippen molar-refractivity contribution in [3.05, 3.63) is 53.6 Å². The van der Waals surface area contributed by atoms with Gasteiger partial charge in [0.1, 0.15) is 0 Å². The third-order valence-corrected chi connectivity index (χ3v) is 3.87. The van der Waals surface area contributed by atoms with Crippen molar-refractivity contribution >= 4 is 21.6 Å². The molecular formula is C13H10BrN. The Balaban J connectivity index is 2.37. The van der Waals surface area contributed by atoms with E-state index >= 15 is 0 Å². The molecule has 15 heavy (non-hydrogen) atoms. The van der Waals surface area contributed by atoms with Gasteiger partial charge in [0.15, 0.2) is 0 Å². The van der Waals surface area contributed by atoms with Crippen LogP contribution in [0.1, 0.15) is 16.0 Å². The zero-order valence-corrected chi connectivity index (χ0v) is 9.66. The van der Waals surface area contributed by atoms with Crippen LogP contribution in [0.15, 0.2) is 42.5 Å². The number of fused-ring (bicyclic) bond motifs is 3. The Morgan fingerprint density at radius 3 is 2.53 bits per heavy atom. The molecule has 0 aromatic heterocycles. The maximum Gasteiger partial charge on any atom is 0.0676 e. The summed E-state index contributed by atoms with van der Waals surface area (Å²) in [6.07, 6.45) is 0. The predicted octanol–water partition coefficient (Wildman–Crippen LogP) is 3.73. The summed E-state index contributed by atoms with van der Waals surface area (Å²) in [5, 5.41) is 0. The Morgan fingerprint density at radius 1 is 0.933 bits per heavy atom. The molecule has 0 fully saturated rings. The second-order valence-electron chi connectivity index (χ2n) is 3.76. The van der Waals surface area contributed by atoms with Crippen molar-refractivity contribution in [2.75, 3.05) is 5.73 Å². The molecule has 2 aromatic rings. The van der Waals surface area contributed by atoms with Crippen molar-refractivity contribution in [1.29, 1.82) is 0 Å². The Labute approximate surface area is 97.1 Å². The number of anilines is 1. The van der Waals surface area contributed by atoms with Crippen LogP contribution in [-0.4, -0.2) is 0 Å². The minimum Gasteiger partial charge on any atom is -0.398 e. The van der Waals surface area contributed by atoms with Gasteiger partial charge in [-0.05, 0) is 22.8 Å². The zero-order chi connectivity index (χ0) is 10.4. The summed E-state index contributed by atoms with van der Waals surface area (Å²) in [7, 11) is 0. The van der Waals surface area contributed by atoms with Crippen molar-refractivity contribution in [2.45, 2.75) is 4.83 Å². The third-order valence-electron chi connectivity index (χ3n) is 2.92. The first-order valence-electron chi connectivity index (χ1n) is 4.91. The van der Waals surface area contributed by atoms with Crippen molar-refractivity contribution < 1.29 is 0 Å². The maximum atomic E-state index is 6.01. The van der Waals surface area contributed by atoms with E-state index in [0.29, 0.717) is 0 Å². The lowest BCUT2D eigenvalue weighted by molar-refractivity contribution is 1.25. The van der Waals surface area contributed by atoms with Gasteiger partial charge in [-0.25, -0.2) is 0 Å². The normalized spacial score (nSPS) is 17.3. The Bertz CT molecular complexity index is 534. The smallest absolute Gasteiger partial charge is 0.0676 e. The number of hydrogen-bond donors (Lipinski definition) is 1. The molecule has 3 rings (SSSR count). The number of nitrogen functional groups attached to an aromatic ring is 1. The molecule has 1 aliphatic rings. The fraction of sp³-hybridized carbons (Fsp3) is 0.0769. The zero-order valence-electron chi connectivity index (χ0n) is 8.07. The fourth-order valence-corrected chi connectivity index (χ4v) is 3.13. The molecule has 2 aromatic carbocycles. The number of halogens is 1. The number of rotatable bonds is 0. The SMILES string of the molecule is Nc1cccc2c1C(Br)c1ccccc1-2. The second-order valence-corrected chi connectivity index (χ2v) is 4.67. The van der Waals surface area contributed by atoms with Gasteiger partial charge in [-0.15, -0.1) is 0 Å². The summed E-state index contributed by atoms with van der Waals surface area (Å²) in [5.74, 6) is 0. The van der Waals surface area contributed by atoms with Gasteiger partial charge in [-0.1, -0.05) is 52.3 Å². The average Bonchev–Trinajstić information content (AvgIpc) is 2.55. The minimum absolute atomic E-state index is 0.241. The van der Waals surface area contributed by atoms with E-state index < -0.39 is 0 Å².